The lowest BCUT2D eigenvalue weighted by Gasteiger charge is -1.95. The summed E-state index contributed by atoms with van der Waals surface area (Å²) in [6, 6.07) is 0. The lowest BCUT2D eigenvalue weighted by Crippen LogP contribution is -2.02. The molecule has 1 aromatic heterocycles. The largest absolute Gasteiger partial charge is 0.225 e. The predicted octanol–water partition coefficient (Wildman–Crippen LogP) is 0.588. The molecule has 0 fully saturated rings. The average Bonchev–Trinajstić information content (AvgIpc) is 2.39. The summed E-state index contributed by atoms with van der Waals surface area (Å²) in [6.45, 7) is 7.85. The van der Waals surface area contributed by atoms with Crippen LogP contribution in [0.4, 0.5) is 0 Å². The van der Waals surface area contributed by atoms with E-state index in [1.807, 2.05) is 0 Å². The van der Waals surface area contributed by atoms with E-state index in [1.54, 1.807) is 16.8 Å². The van der Waals surface area contributed by atoms with Gasteiger partial charge in [0.25, 0.3) is 0 Å². The molecule has 4 heteroatoms. The third kappa shape index (κ3) is 1.73. The highest BCUT2D eigenvalue weighted by atomic mass is 15.5. The van der Waals surface area contributed by atoms with E-state index in [-0.39, 0.29) is 0 Å². The van der Waals surface area contributed by atoms with Gasteiger partial charge in [0.2, 0.25) is 0 Å². The second-order valence-electron chi connectivity index (χ2n) is 2.06. The van der Waals surface area contributed by atoms with Gasteiger partial charge in [-0.25, -0.2) is 4.68 Å². The summed E-state index contributed by atoms with van der Waals surface area (Å²) < 4.78 is 1.69. The summed E-state index contributed by atoms with van der Waals surface area (Å²) in [5.74, 6) is 0.819. The molecule has 0 spiro atoms. The zero-order chi connectivity index (χ0) is 8.10. The van der Waals surface area contributed by atoms with Crippen molar-refractivity contribution in [1.29, 1.82) is 0 Å². The highest BCUT2D eigenvalue weighted by Gasteiger charge is 1.99. The molecule has 0 aromatic carbocycles. The number of allylic oxidation sites excluding steroid dienone is 2. The van der Waals surface area contributed by atoms with Gasteiger partial charge in [0.1, 0.15) is 0 Å². The van der Waals surface area contributed by atoms with Crippen molar-refractivity contribution in [3.05, 3.63) is 31.1 Å². The molecule has 0 amide bonds. The van der Waals surface area contributed by atoms with Gasteiger partial charge in [-0.05, 0) is 10.4 Å². The fraction of sp³-hybridized carbons (Fsp3) is 0.286. The van der Waals surface area contributed by atoms with Crippen LogP contribution in [0.15, 0.2) is 25.3 Å². The van der Waals surface area contributed by atoms with E-state index < -0.39 is 0 Å². The quantitative estimate of drug-likeness (QED) is 0.590. The lowest BCUT2D eigenvalue weighted by molar-refractivity contribution is 0.638. The van der Waals surface area contributed by atoms with Crippen molar-refractivity contribution in [1.82, 2.24) is 20.2 Å². The first-order valence-electron chi connectivity index (χ1n) is 3.35. The smallest absolute Gasteiger partial charge is 0.155 e. The molecule has 0 saturated heterocycles. The number of hydrogen-bond donors (Lipinski definition) is 0. The van der Waals surface area contributed by atoms with E-state index in [9.17, 15) is 0 Å². The maximum absolute atomic E-state index is 3.81. The average molecular weight is 150 g/mol. The van der Waals surface area contributed by atoms with Crippen molar-refractivity contribution in [3.63, 3.8) is 0 Å². The van der Waals surface area contributed by atoms with Crippen molar-refractivity contribution in [2.45, 2.75) is 13.0 Å². The van der Waals surface area contributed by atoms with Crippen LogP contribution in [0, 0.1) is 0 Å². The Balaban J connectivity index is 2.76. The number of hydrogen-bond acceptors (Lipinski definition) is 3. The molecular weight excluding hydrogens is 140 g/mol. The van der Waals surface area contributed by atoms with Gasteiger partial charge in [0.15, 0.2) is 5.82 Å². The SMILES string of the molecule is C=CCc1nnnn1CC=C. The fourth-order valence-corrected chi connectivity index (χ4v) is 0.763. The Hall–Kier alpha value is -1.45. The minimum atomic E-state index is 0.649. The molecule has 1 aromatic rings. The van der Waals surface area contributed by atoms with Crippen molar-refractivity contribution in [2.24, 2.45) is 0 Å². The van der Waals surface area contributed by atoms with Gasteiger partial charge in [-0.15, -0.1) is 18.3 Å². The maximum atomic E-state index is 3.81. The van der Waals surface area contributed by atoms with Gasteiger partial charge in [0, 0.05) is 6.42 Å². The van der Waals surface area contributed by atoms with Gasteiger partial charge in [-0.3, -0.25) is 0 Å². The molecule has 0 unspecified atom stereocenters. The second-order valence-corrected chi connectivity index (χ2v) is 2.06. The molecule has 0 radical (unpaired) electrons. The van der Waals surface area contributed by atoms with Gasteiger partial charge in [-0.1, -0.05) is 12.2 Å². The Bertz CT molecular complexity index is 226. The Kier molecular flexibility index (Phi) is 2.54. The van der Waals surface area contributed by atoms with Crippen molar-refractivity contribution >= 4 is 0 Å². The number of tetrazole rings is 1. The Morgan fingerprint density at radius 1 is 1.36 bits per heavy atom. The van der Waals surface area contributed by atoms with Crippen LogP contribution in [0.1, 0.15) is 5.82 Å². The van der Waals surface area contributed by atoms with Crippen molar-refractivity contribution < 1.29 is 0 Å². The third-order valence-corrected chi connectivity index (χ3v) is 1.24. The van der Waals surface area contributed by atoms with E-state index in [0.29, 0.717) is 13.0 Å². The first kappa shape index (κ1) is 7.65. The Morgan fingerprint density at radius 3 is 2.82 bits per heavy atom. The number of nitrogens with zero attached hydrogens (tertiary/aromatic N) is 4. The first-order chi connectivity index (χ1) is 5.38. The van der Waals surface area contributed by atoms with Crippen LogP contribution in [0.5, 0.6) is 0 Å². The summed E-state index contributed by atoms with van der Waals surface area (Å²) >= 11 is 0. The molecule has 11 heavy (non-hydrogen) atoms. The van der Waals surface area contributed by atoms with E-state index in [0.717, 1.165) is 5.82 Å². The second kappa shape index (κ2) is 3.65. The van der Waals surface area contributed by atoms with Gasteiger partial charge < -0.3 is 0 Å². The highest BCUT2D eigenvalue weighted by molar-refractivity contribution is 4.90. The van der Waals surface area contributed by atoms with Crippen LogP contribution in [-0.4, -0.2) is 20.2 Å². The predicted molar refractivity (Wildman–Crippen MR) is 41.9 cm³/mol. The monoisotopic (exact) mass is 150 g/mol. The Morgan fingerprint density at radius 2 is 2.18 bits per heavy atom. The fourth-order valence-electron chi connectivity index (χ4n) is 0.763. The first-order valence-corrected chi connectivity index (χ1v) is 3.35. The zero-order valence-electron chi connectivity index (χ0n) is 6.27. The maximum Gasteiger partial charge on any atom is 0.155 e. The summed E-state index contributed by atoms with van der Waals surface area (Å²) in [6.07, 6.45) is 4.22. The molecule has 58 valence electrons. The summed E-state index contributed by atoms with van der Waals surface area (Å²) in [5.41, 5.74) is 0. The number of aromatic nitrogens is 4. The normalized spacial score (nSPS) is 9.45. The van der Waals surface area contributed by atoms with Crippen molar-refractivity contribution in [2.75, 3.05) is 0 Å². The minimum Gasteiger partial charge on any atom is -0.225 e. The van der Waals surface area contributed by atoms with Crippen LogP contribution in [-0.2, 0) is 13.0 Å². The summed E-state index contributed by atoms with van der Waals surface area (Å²) in [5, 5.41) is 11.1. The minimum absolute atomic E-state index is 0.649. The van der Waals surface area contributed by atoms with E-state index in [2.05, 4.69) is 28.7 Å². The van der Waals surface area contributed by atoms with Gasteiger partial charge >= 0.3 is 0 Å². The molecule has 1 rings (SSSR count). The van der Waals surface area contributed by atoms with E-state index >= 15 is 0 Å². The topological polar surface area (TPSA) is 43.6 Å². The molecule has 0 aliphatic rings. The molecule has 0 bridgehead atoms. The molecule has 0 N–H and O–H groups in total. The standard InChI is InChI=1S/C7H10N4/c1-3-5-7-8-9-10-11(7)6-4-2/h3-4H,1-2,5-6H2. The van der Waals surface area contributed by atoms with Gasteiger partial charge in [-0.2, -0.15) is 0 Å². The molecule has 0 aliphatic carbocycles. The van der Waals surface area contributed by atoms with Gasteiger partial charge in [0.05, 0.1) is 6.54 Å². The summed E-state index contributed by atoms with van der Waals surface area (Å²) in [7, 11) is 0. The van der Waals surface area contributed by atoms with Crippen molar-refractivity contribution in [3.8, 4) is 0 Å². The molecule has 0 atom stereocenters. The van der Waals surface area contributed by atoms with Crippen LogP contribution >= 0.6 is 0 Å². The van der Waals surface area contributed by atoms with E-state index in [4.69, 9.17) is 0 Å². The highest BCUT2D eigenvalue weighted by Crippen LogP contribution is 1.93. The molecule has 0 saturated carbocycles. The van der Waals surface area contributed by atoms with Crippen LogP contribution in [0.2, 0.25) is 0 Å². The Labute approximate surface area is 65.2 Å². The molecular formula is C7H10N4. The molecule has 1 heterocycles. The van der Waals surface area contributed by atoms with Crippen LogP contribution in [0.25, 0.3) is 0 Å². The lowest BCUT2D eigenvalue weighted by atomic mass is 10.4. The van der Waals surface area contributed by atoms with Crippen LogP contribution < -0.4 is 0 Å². The third-order valence-electron chi connectivity index (χ3n) is 1.24. The molecule has 4 nitrogen and oxygen atoms in total. The summed E-state index contributed by atoms with van der Waals surface area (Å²) in [4.78, 5) is 0. The van der Waals surface area contributed by atoms with Crippen LogP contribution in [0.3, 0.4) is 0 Å². The molecule has 0 aliphatic heterocycles. The van der Waals surface area contributed by atoms with E-state index in [1.165, 1.54) is 0 Å². The number of rotatable bonds is 4. The zero-order valence-corrected chi connectivity index (χ0v) is 6.27.